The summed E-state index contributed by atoms with van der Waals surface area (Å²) in [5.41, 5.74) is 19.8. The zero-order valence-corrected chi connectivity index (χ0v) is 41.0. The summed E-state index contributed by atoms with van der Waals surface area (Å²) in [6.07, 6.45) is 7.48. The van der Waals surface area contributed by atoms with E-state index in [1.807, 2.05) is 36.7 Å². The van der Waals surface area contributed by atoms with Crippen LogP contribution in [0.5, 0.6) is 0 Å². The minimum atomic E-state index is 0.937. The predicted octanol–water partition coefficient (Wildman–Crippen LogP) is 18.1. The second-order valence-corrected chi connectivity index (χ2v) is 19.4. The summed E-state index contributed by atoms with van der Waals surface area (Å²) in [5, 5.41) is 8.79. The van der Waals surface area contributed by atoms with Crippen molar-refractivity contribution in [2.24, 2.45) is 0 Å². The van der Waals surface area contributed by atoms with E-state index < -0.39 is 0 Å². The summed E-state index contributed by atoms with van der Waals surface area (Å²) in [7, 11) is 0. The molecule has 0 spiro atoms. The third-order valence-corrected chi connectivity index (χ3v) is 14.8. The van der Waals surface area contributed by atoms with Crippen LogP contribution in [-0.2, 0) is 25.7 Å². The Hall–Kier alpha value is -9.31. The summed E-state index contributed by atoms with van der Waals surface area (Å²) >= 11 is 0. The van der Waals surface area contributed by atoms with Crippen LogP contribution in [0.1, 0.15) is 22.3 Å². The van der Waals surface area contributed by atoms with E-state index in [0.717, 1.165) is 70.4 Å². The SMILES string of the molecule is c1ccc(-c2ccc(CCc3cc(CCc4ccc(-c5ccccn5)cc4)cc(-c4ccccc4-c4ccc(-c5cc(-c6ccc7c8ccccc8c8ccccc8c7c6)c6ccccc6n5)cc4)c3)cc2)nc1. The van der Waals surface area contributed by atoms with Crippen molar-refractivity contribution in [2.45, 2.75) is 25.7 Å². The summed E-state index contributed by atoms with van der Waals surface area (Å²) < 4.78 is 0. The second kappa shape index (κ2) is 19.7. The van der Waals surface area contributed by atoms with Crippen LogP contribution in [-0.4, -0.2) is 15.0 Å². The molecule has 13 rings (SSSR count). The number of aromatic nitrogens is 3. The number of hydrogen-bond donors (Lipinski definition) is 0. The summed E-state index contributed by atoms with van der Waals surface area (Å²) in [5.74, 6) is 0. The van der Waals surface area contributed by atoms with Crippen LogP contribution in [0.2, 0.25) is 0 Å². The minimum Gasteiger partial charge on any atom is -0.256 e. The monoisotopic (exact) mass is 945 g/mol. The highest BCUT2D eigenvalue weighted by Gasteiger charge is 2.16. The normalized spacial score (nSPS) is 11.5. The molecular weight excluding hydrogens is 895 g/mol. The van der Waals surface area contributed by atoms with Crippen LogP contribution in [0.25, 0.3) is 110 Å². The number of nitrogens with zero attached hydrogens (tertiary/aromatic N) is 3. The molecule has 0 saturated carbocycles. The zero-order valence-electron chi connectivity index (χ0n) is 41.0. The van der Waals surface area contributed by atoms with Gasteiger partial charge in [-0.05, 0) is 156 Å². The number of pyridine rings is 3. The Morgan fingerprint density at radius 3 is 1.20 bits per heavy atom. The average Bonchev–Trinajstić information content (AvgIpc) is 3.50. The van der Waals surface area contributed by atoms with E-state index in [4.69, 9.17) is 4.98 Å². The van der Waals surface area contributed by atoms with Gasteiger partial charge in [0.25, 0.3) is 0 Å². The van der Waals surface area contributed by atoms with Crippen molar-refractivity contribution in [3.05, 3.63) is 283 Å². The lowest BCUT2D eigenvalue weighted by molar-refractivity contribution is 0.931. The number of fused-ring (bicyclic) bond motifs is 7. The fraction of sp³-hybridized carbons (Fsp3) is 0.0563. The van der Waals surface area contributed by atoms with Crippen LogP contribution >= 0.6 is 0 Å². The van der Waals surface area contributed by atoms with Gasteiger partial charge in [-0.1, -0.05) is 206 Å². The van der Waals surface area contributed by atoms with Crippen LogP contribution in [0, 0.1) is 0 Å². The van der Waals surface area contributed by atoms with Crippen LogP contribution in [0.4, 0.5) is 0 Å². The van der Waals surface area contributed by atoms with Gasteiger partial charge in [-0.2, -0.15) is 0 Å². The van der Waals surface area contributed by atoms with Gasteiger partial charge < -0.3 is 0 Å². The van der Waals surface area contributed by atoms with Gasteiger partial charge in [-0.25, -0.2) is 4.98 Å². The van der Waals surface area contributed by atoms with E-state index in [1.165, 1.54) is 88.0 Å². The third kappa shape index (κ3) is 8.90. The molecule has 350 valence electrons. The Morgan fingerprint density at radius 1 is 0.230 bits per heavy atom. The first-order chi connectivity index (χ1) is 36.6. The molecular formula is C71H51N3. The lowest BCUT2D eigenvalue weighted by Gasteiger charge is -2.15. The predicted molar refractivity (Wildman–Crippen MR) is 310 cm³/mol. The molecule has 13 aromatic rings. The van der Waals surface area contributed by atoms with E-state index in [-0.39, 0.29) is 0 Å². The molecule has 0 fully saturated rings. The lowest BCUT2D eigenvalue weighted by atomic mass is 9.89. The standard InChI is InChI=1S/C71H51N3/c1-2-14-59(57-44-50(25-23-48-27-31-53(32-28-48)68-20-9-11-41-72-68)43-51(45-57)26-24-49-29-33-54(34-30-49)69-21-10-12-42-73-69)58(13-1)52-35-37-55(38-36-52)71-47-66(65-19-7-8-22-70(65)74-71)56-39-40-64-62-17-4-3-15-60(62)61-16-5-6-18-63(61)67(64)46-56/h1-22,27-47H,23-26H2. The summed E-state index contributed by atoms with van der Waals surface area (Å²) in [6, 6.07) is 90.5. The number of aryl methyl sites for hydroxylation is 4. The van der Waals surface area contributed by atoms with Crippen molar-refractivity contribution in [1.82, 2.24) is 15.0 Å². The van der Waals surface area contributed by atoms with Crippen molar-refractivity contribution < 1.29 is 0 Å². The highest BCUT2D eigenvalue weighted by Crippen LogP contribution is 2.40. The van der Waals surface area contributed by atoms with E-state index >= 15 is 0 Å². The molecule has 0 aliphatic carbocycles. The molecule has 0 bridgehead atoms. The Labute approximate surface area is 432 Å². The molecule has 0 aliphatic heterocycles. The van der Waals surface area contributed by atoms with Gasteiger partial charge in [0.2, 0.25) is 0 Å². The maximum absolute atomic E-state index is 5.28. The molecule has 3 heteroatoms. The molecule has 10 aromatic carbocycles. The number of hydrogen-bond acceptors (Lipinski definition) is 3. The van der Waals surface area contributed by atoms with E-state index in [0.29, 0.717) is 0 Å². The number of benzene rings is 10. The zero-order chi connectivity index (χ0) is 49.2. The Morgan fingerprint density at radius 2 is 0.649 bits per heavy atom. The van der Waals surface area contributed by atoms with Crippen molar-refractivity contribution in [2.75, 3.05) is 0 Å². The highest BCUT2D eigenvalue weighted by atomic mass is 14.7. The molecule has 0 N–H and O–H groups in total. The fourth-order valence-corrected chi connectivity index (χ4v) is 11.0. The van der Waals surface area contributed by atoms with E-state index in [9.17, 15) is 0 Å². The first kappa shape index (κ1) is 44.6. The Balaban J connectivity index is 0.826. The quantitative estimate of drug-likeness (QED) is 0.115. The maximum Gasteiger partial charge on any atom is 0.0715 e. The summed E-state index contributed by atoms with van der Waals surface area (Å²) in [4.78, 5) is 14.4. The minimum absolute atomic E-state index is 0.937. The topological polar surface area (TPSA) is 38.7 Å². The largest absolute Gasteiger partial charge is 0.256 e. The van der Waals surface area contributed by atoms with Gasteiger partial charge in [-0.15, -0.1) is 0 Å². The van der Waals surface area contributed by atoms with Gasteiger partial charge in [0.15, 0.2) is 0 Å². The van der Waals surface area contributed by atoms with E-state index in [1.54, 1.807) is 0 Å². The average molecular weight is 946 g/mol. The van der Waals surface area contributed by atoms with Crippen LogP contribution in [0.15, 0.2) is 261 Å². The van der Waals surface area contributed by atoms with Crippen molar-refractivity contribution >= 4 is 43.2 Å². The molecule has 0 radical (unpaired) electrons. The molecule has 0 unspecified atom stereocenters. The summed E-state index contributed by atoms with van der Waals surface area (Å²) in [6.45, 7) is 0. The van der Waals surface area contributed by atoms with Crippen molar-refractivity contribution in [1.29, 1.82) is 0 Å². The first-order valence-corrected chi connectivity index (χ1v) is 25.7. The van der Waals surface area contributed by atoms with Gasteiger partial charge in [-0.3, -0.25) is 9.97 Å². The first-order valence-electron chi connectivity index (χ1n) is 25.7. The second-order valence-electron chi connectivity index (χ2n) is 19.4. The maximum atomic E-state index is 5.28. The molecule has 74 heavy (non-hydrogen) atoms. The molecule has 3 nitrogen and oxygen atoms in total. The highest BCUT2D eigenvalue weighted by molar-refractivity contribution is 6.26. The molecule has 0 amide bonds. The molecule has 3 heterocycles. The fourth-order valence-electron chi connectivity index (χ4n) is 11.0. The molecule has 0 saturated heterocycles. The molecule has 3 aromatic heterocycles. The van der Waals surface area contributed by atoms with Gasteiger partial charge in [0.1, 0.15) is 0 Å². The smallest absolute Gasteiger partial charge is 0.0715 e. The number of rotatable bonds is 12. The van der Waals surface area contributed by atoms with Crippen molar-refractivity contribution in [3.8, 4) is 67.2 Å². The van der Waals surface area contributed by atoms with Gasteiger partial charge >= 0.3 is 0 Å². The molecule has 0 atom stereocenters. The number of para-hydroxylation sites is 1. The van der Waals surface area contributed by atoms with Gasteiger partial charge in [0.05, 0.1) is 22.6 Å². The Kier molecular flexibility index (Phi) is 11.9. The van der Waals surface area contributed by atoms with Gasteiger partial charge in [0, 0.05) is 34.5 Å². The van der Waals surface area contributed by atoms with Crippen molar-refractivity contribution in [3.63, 3.8) is 0 Å². The molecule has 0 aliphatic rings. The Bertz CT molecular complexity index is 4010. The van der Waals surface area contributed by atoms with E-state index in [2.05, 4.69) is 234 Å². The van der Waals surface area contributed by atoms with Crippen LogP contribution in [0.3, 0.4) is 0 Å². The third-order valence-electron chi connectivity index (χ3n) is 14.8. The van der Waals surface area contributed by atoms with Crippen LogP contribution < -0.4 is 0 Å². The lowest BCUT2D eigenvalue weighted by Crippen LogP contribution is -1.98.